The van der Waals surface area contributed by atoms with Crippen LogP contribution in [0.15, 0.2) is 70.4 Å². The van der Waals surface area contributed by atoms with Crippen LogP contribution in [0.1, 0.15) is 6.42 Å². The molecule has 1 atom stereocenters. The number of hydrogen-bond acceptors (Lipinski definition) is 5. The van der Waals surface area contributed by atoms with Gasteiger partial charge in [-0.25, -0.2) is 0 Å². The number of benzene rings is 2. The smallest absolute Gasteiger partial charge is 0.248 e. The van der Waals surface area contributed by atoms with Crippen LogP contribution in [-0.2, 0) is 0 Å². The van der Waals surface area contributed by atoms with E-state index < -0.39 is 6.10 Å². The number of hydrogen-bond donors (Lipinski definition) is 2. The Labute approximate surface area is 169 Å². The predicted molar refractivity (Wildman–Crippen MR) is 115 cm³/mol. The number of rotatable bonds is 10. The number of thioether (sulfide) groups is 1. The molecule has 3 rings (SSSR count). The summed E-state index contributed by atoms with van der Waals surface area (Å²) in [6, 6.07) is 19.1. The first kappa shape index (κ1) is 20.5. The molecule has 0 saturated heterocycles. The van der Waals surface area contributed by atoms with Crippen LogP contribution >= 0.6 is 11.8 Å². The second-order valence-corrected chi connectivity index (χ2v) is 7.98. The van der Waals surface area contributed by atoms with E-state index in [2.05, 4.69) is 34.1 Å². The number of likely N-dealkylation sites (N-methyl/N-ethyl adjacent to an activating group) is 1. The summed E-state index contributed by atoms with van der Waals surface area (Å²) < 4.78 is 5.72. The molecule has 1 aromatic heterocycles. The molecule has 0 radical (unpaired) electrons. The Morgan fingerprint density at radius 1 is 1.14 bits per heavy atom. The Kier molecular flexibility index (Phi) is 7.54. The van der Waals surface area contributed by atoms with E-state index in [0.29, 0.717) is 12.3 Å². The lowest BCUT2D eigenvalue weighted by atomic mass is 10.2. The van der Waals surface area contributed by atoms with E-state index in [0.717, 1.165) is 29.6 Å². The zero-order chi connectivity index (χ0) is 19.8. The normalized spacial score (nSPS) is 12.4. The van der Waals surface area contributed by atoms with Crippen LogP contribution < -0.4 is 10.3 Å². The van der Waals surface area contributed by atoms with Gasteiger partial charge in [0.25, 0.3) is 0 Å². The molecule has 2 N–H and O–H groups in total. The van der Waals surface area contributed by atoms with E-state index in [-0.39, 0.29) is 12.2 Å². The van der Waals surface area contributed by atoms with Crippen molar-refractivity contribution >= 4 is 22.7 Å². The second-order valence-electron chi connectivity index (χ2n) is 6.81. The molecule has 0 bridgehead atoms. The third-order valence-corrected chi connectivity index (χ3v) is 5.45. The monoisotopic (exact) mass is 398 g/mol. The number of fused-ring (bicyclic) bond motifs is 1. The van der Waals surface area contributed by atoms with Crippen molar-refractivity contribution in [1.82, 2.24) is 9.88 Å². The quantitative estimate of drug-likeness (QED) is 0.405. The molecule has 2 aromatic carbocycles. The van der Waals surface area contributed by atoms with Gasteiger partial charge in [0.2, 0.25) is 5.56 Å². The van der Waals surface area contributed by atoms with Crippen molar-refractivity contribution in [2.24, 2.45) is 0 Å². The fourth-order valence-corrected chi connectivity index (χ4v) is 3.82. The van der Waals surface area contributed by atoms with Gasteiger partial charge in [0, 0.05) is 28.4 Å². The molecule has 0 aliphatic carbocycles. The number of aliphatic hydroxyl groups excluding tert-OH is 1. The van der Waals surface area contributed by atoms with Crippen LogP contribution in [0.5, 0.6) is 5.75 Å². The summed E-state index contributed by atoms with van der Waals surface area (Å²) in [5.41, 5.74) is 0.648. The third-order valence-electron chi connectivity index (χ3n) is 4.36. The summed E-state index contributed by atoms with van der Waals surface area (Å²) in [7, 11) is 2.02. The summed E-state index contributed by atoms with van der Waals surface area (Å²) in [6.45, 7) is 1.73. The van der Waals surface area contributed by atoms with Gasteiger partial charge in [0.15, 0.2) is 0 Å². The predicted octanol–water partition coefficient (Wildman–Crippen LogP) is 3.38. The van der Waals surface area contributed by atoms with Crippen LogP contribution in [0.25, 0.3) is 10.9 Å². The average molecular weight is 399 g/mol. The summed E-state index contributed by atoms with van der Waals surface area (Å²) >= 11 is 1.85. The minimum absolute atomic E-state index is 0.123. The number of nitrogens with one attached hydrogen (secondary N) is 1. The first-order chi connectivity index (χ1) is 13.6. The lowest BCUT2D eigenvalue weighted by Crippen LogP contribution is -2.33. The molecule has 6 heteroatoms. The number of aliphatic hydroxyl groups is 1. The molecule has 0 aliphatic rings. The number of nitrogens with zero attached hydrogens (tertiary/aromatic N) is 1. The fourth-order valence-electron chi connectivity index (χ4n) is 2.96. The van der Waals surface area contributed by atoms with Crippen molar-refractivity contribution in [3.8, 4) is 5.75 Å². The molecule has 1 unspecified atom stereocenters. The van der Waals surface area contributed by atoms with Gasteiger partial charge in [0.1, 0.15) is 18.5 Å². The molecule has 0 saturated carbocycles. The topological polar surface area (TPSA) is 65.6 Å². The van der Waals surface area contributed by atoms with Crippen molar-refractivity contribution in [2.75, 3.05) is 32.5 Å². The van der Waals surface area contributed by atoms with Gasteiger partial charge in [-0.05, 0) is 62.2 Å². The lowest BCUT2D eigenvalue weighted by Gasteiger charge is -2.20. The van der Waals surface area contributed by atoms with Gasteiger partial charge in [0.05, 0.1) is 0 Å². The van der Waals surface area contributed by atoms with Crippen molar-refractivity contribution in [2.45, 2.75) is 17.4 Å². The van der Waals surface area contributed by atoms with Gasteiger partial charge < -0.3 is 19.7 Å². The van der Waals surface area contributed by atoms with Gasteiger partial charge in [-0.15, -0.1) is 11.8 Å². The number of pyridine rings is 1. The van der Waals surface area contributed by atoms with Crippen LogP contribution in [0, 0.1) is 0 Å². The number of aromatic amines is 1. The van der Waals surface area contributed by atoms with Crippen LogP contribution in [0.4, 0.5) is 0 Å². The van der Waals surface area contributed by atoms with Gasteiger partial charge in [-0.3, -0.25) is 4.79 Å². The van der Waals surface area contributed by atoms with E-state index in [4.69, 9.17) is 4.74 Å². The van der Waals surface area contributed by atoms with E-state index in [1.165, 1.54) is 11.0 Å². The zero-order valence-corrected chi connectivity index (χ0v) is 16.8. The molecule has 0 spiro atoms. The molecule has 0 aliphatic heterocycles. The largest absolute Gasteiger partial charge is 0.491 e. The van der Waals surface area contributed by atoms with E-state index in [1.54, 1.807) is 12.1 Å². The number of ether oxygens (including phenoxy) is 1. The minimum atomic E-state index is -0.557. The summed E-state index contributed by atoms with van der Waals surface area (Å²) in [5, 5.41) is 11.1. The van der Waals surface area contributed by atoms with Gasteiger partial charge >= 0.3 is 0 Å². The summed E-state index contributed by atoms with van der Waals surface area (Å²) in [6.07, 6.45) is 0.505. The molecule has 0 fully saturated rings. The second kappa shape index (κ2) is 10.3. The highest BCUT2D eigenvalue weighted by Crippen LogP contribution is 2.19. The Morgan fingerprint density at radius 3 is 2.79 bits per heavy atom. The Balaban J connectivity index is 1.37. The zero-order valence-electron chi connectivity index (χ0n) is 16.0. The highest BCUT2D eigenvalue weighted by atomic mass is 32.2. The summed E-state index contributed by atoms with van der Waals surface area (Å²) in [5.74, 6) is 1.74. The molecule has 28 heavy (non-hydrogen) atoms. The average Bonchev–Trinajstić information content (AvgIpc) is 2.70. The number of H-pyrrole nitrogens is 1. The third kappa shape index (κ3) is 6.41. The van der Waals surface area contributed by atoms with Crippen LogP contribution in [-0.4, -0.2) is 53.6 Å². The first-order valence-electron chi connectivity index (χ1n) is 9.40. The van der Waals surface area contributed by atoms with Crippen molar-refractivity contribution in [3.63, 3.8) is 0 Å². The van der Waals surface area contributed by atoms with Crippen molar-refractivity contribution < 1.29 is 9.84 Å². The lowest BCUT2D eigenvalue weighted by molar-refractivity contribution is 0.0765. The molecular formula is C22H26N2O3S. The van der Waals surface area contributed by atoms with Gasteiger partial charge in [-0.2, -0.15) is 0 Å². The Bertz CT molecular complexity index is 930. The molecule has 5 nitrogen and oxygen atoms in total. The molecule has 3 aromatic rings. The van der Waals surface area contributed by atoms with E-state index in [1.807, 2.05) is 37.0 Å². The standard InChI is InChI=1S/C22H26N2O3S/c1-24(12-5-13-28-20-6-3-2-4-7-20)15-18(25)16-27-19-9-10-21-17(14-19)8-11-22(26)23-21/h2-4,6-11,14,18,25H,5,12-13,15-16H2,1H3,(H,23,26). The SMILES string of the molecule is CN(CCCSc1ccccc1)CC(O)COc1ccc2[nH]c(=O)ccc2c1. The Hall–Kier alpha value is -2.28. The highest BCUT2D eigenvalue weighted by Gasteiger charge is 2.09. The van der Waals surface area contributed by atoms with Crippen LogP contribution in [0.3, 0.4) is 0 Å². The molecular weight excluding hydrogens is 372 g/mol. The minimum Gasteiger partial charge on any atom is -0.491 e. The Morgan fingerprint density at radius 2 is 1.96 bits per heavy atom. The van der Waals surface area contributed by atoms with E-state index in [9.17, 15) is 9.90 Å². The molecule has 1 heterocycles. The van der Waals surface area contributed by atoms with Gasteiger partial charge in [-0.1, -0.05) is 18.2 Å². The van der Waals surface area contributed by atoms with Crippen molar-refractivity contribution in [3.05, 3.63) is 71.0 Å². The number of aromatic nitrogens is 1. The first-order valence-corrected chi connectivity index (χ1v) is 10.4. The van der Waals surface area contributed by atoms with E-state index >= 15 is 0 Å². The molecule has 148 valence electrons. The highest BCUT2D eigenvalue weighted by molar-refractivity contribution is 7.99. The summed E-state index contributed by atoms with van der Waals surface area (Å²) in [4.78, 5) is 17.5. The maximum absolute atomic E-state index is 11.3. The molecule has 0 amide bonds. The maximum Gasteiger partial charge on any atom is 0.248 e. The maximum atomic E-state index is 11.3. The fraction of sp³-hybridized carbons (Fsp3) is 0.318. The van der Waals surface area contributed by atoms with Crippen molar-refractivity contribution in [1.29, 1.82) is 0 Å². The van der Waals surface area contributed by atoms with Crippen LogP contribution in [0.2, 0.25) is 0 Å².